The van der Waals surface area contributed by atoms with Gasteiger partial charge in [0.1, 0.15) is 0 Å². The van der Waals surface area contributed by atoms with Crippen LogP contribution in [0, 0.1) is 0 Å². The molecule has 5 nitrogen and oxygen atoms in total. The predicted octanol–water partition coefficient (Wildman–Crippen LogP) is 1.12. The van der Waals surface area contributed by atoms with Crippen molar-refractivity contribution in [3.8, 4) is 0 Å². The average Bonchev–Trinajstić information content (AvgIpc) is 2.09. The minimum Gasteiger partial charge on any atom is -0.481 e. The first kappa shape index (κ1) is 12.9. The van der Waals surface area contributed by atoms with Crippen LogP contribution in [0.1, 0.15) is 32.6 Å². The van der Waals surface area contributed by atoms with E-state index in [0.717, 1.165) is 19.3 Å². The van der Waals surface area contributed by atoms with Gasteiger partial charge in [-0.15, -0.1) is 0 Å². The van der Waals surface area contributed by atoms with Crippen molar-refractivity contribution < 1.29 is 24.5 Å². The SMILES string of the molecule is CCCCCO[C@H](CC(=O)O)C(=O)O. The Morgan fingerprint density at radius 3 is 2.36 bits per heavy atom. The van der Waals surface area contributed by atoms with Crippen molar-refractivity contribution in [1.29, 1.82) is 0 Å². The highest BCUT2D eigenvalue weighted by Gasteiger charge is 2.21. The maximum absolute atomic E-state index is 10.5. The van der Waals surface area contributed by atoms with Crippen molar-refractivity contribution in [3.05, 3.63) is 0 Å². The number of unbranched alkanes of at least 4 members (excludes halogenated alkanes) is 2. The molecule has 0 saturated carbocycles. The Morgan fingerprint density at radius 1 is 1.29 bits per heavy atom. The summed E-state index contributed by atoms with van der Waals surface area (Å²) >= 11 is 0. The first-order chi connectivity index (χ1) is 6.57. The third-order valence-electron chi connectivity index (χ3n) is 1.70. The van der Waals surface area contributed by atoms with Gasteiger partial charge >= 0.3 is 11.9 Å². The lowest BCUT2D eigenvalue weighted by Gasteiger charge is -2.10. The summed E-state index contributed by atoms with van der Waals surface area (Å²) in [6.45, 7) is 2.32. The zero-order valence-corrected chi connectivity index (χ0v) is 8.23. The van der Waals surface area contributed by atoms with Crippen molar-refractivity contribution in [2.24, 2.45) is 0 Å². The lowest BCUT2D eigenvalue weighted by atomic mass is 10.2. The molecule has 0 aliphatic rings. The van der Waals surface area contributed by atoms with Crippen molar-refractivity contribution in [3.63, 3.8) is 0 Å². The molecule has 0 unspecified atom stereocenters. The standard InChI is InChI=1S/C9H16O5/c1-2-3-4-5-14-7(9(12)13)6-8(10)11/h7H,2-6H2,1H3,(H,10,11)(H,12,13)/t7-/m1/s1. The number of hydrogen-bond donors (Lipinski definition) is 2. The van der Waals surface area contributed by atoms with Crippen LogP contribution in [-0.4, -0.2) is 34.9 Å². The summed E-state index contributed by atoms with van der Waals surface area (Å²) in [7, 11) is 0. The van der Waals surface area contributed by atoms with Crippen LogP contribution >= 0.6 is 0 Å². The predicted molar refractivity (Wildman–Crippen MR) is 49.2 cm³/mol. The Balaban J connectivity index is 3.74. The van der Waals surface area contributed by atoms with E-state index in [-0.39, 0.29) is 0 Å². The fraction of sp³-hybridized carbons (Fsp3) is 0.778. The monoisotopic (exact) mass is 204 g/mol. The summed E-state index contributed by atoms with van der Waals surface area (Å²) < 4.78 is 4.94. The molecule has 0 aromatic carbocycles. The molecule has 0 bridgehead atoms. The number of carboxylic acids is 2. The van der Waals surface area contributed by atoms with Gasteiger partial charge in [0.15, 0.2) is 6.10 Å². The van der Waals surface area contributed by atoms with Crippen LogP contribution in [0.25, 0.3) is 0 Å². The van der Waals surface area contributed by atoms with E-state index < -0.39 is 24.5 Å². The molecular weight excluding hydrogens is 188 g/mol. The molecule has 0 aromatic heterocycles. The van der Waals surface area contributed by atoms with E-state index in [1.54, 1.807) is 0 Å². The third kappa shape index (κ3) is 6.42. The lowest BCUT2D eigenvalue weighted by Crippen LogP contribution is -2.27. The highest BCUT2D eigenvalue weighted by atomic mass is 16.5. The summed E-state index contributed by atoms with van der Waals surface area (Å²) in [5.74, 6) is -2.38. The average molecular weight is 204 g/mol. The van der Waals surface area contributed by atoms with E-state index in [1.807, 2.05) is 6.92 Å². The molecular formula is C9H16O5. The molecule has 0 saturated heterocycles. The van der Waals surface area contributed by atoms with Gasteiger partial charge in [-0.05, 0) is 6.42 Å². The number of hydrogen-bond acceptors (Lipinski definition) is 3. The van der Waals surface area contributed by atoms with E-state index >= 15 is 0 Å². The Morgan fingerprint density at radius 2 is 1.93 bits per heavy atom. The van der Waals surface area contributed by atoms with E-state index in [0.29, 0.717) is 6.61 Å². The molecule has 2 N–H and O–H groups in total. The van der Waals surface area contributed by atoms with Crippen LogP contribution in [0.5, 0.6) is 0 Å². The molecule has 0 fully saturated rings. The number of ether oxygens (including phenoxy) is 1. The van der Waals surface area contributed by atoms with E-state index in [2.05, 4.69) is 0 Å². The summed E-state index contributed by atoms with van der Waals surface area (Å²) in [5, 5.41) is 17.0. The molecule has 0 aromatic rings. The Labute approximate surface area is 82.7 Å². The summed E-state index contributed by atoms with van der Waals surface area (Å²) in [4.78, 5) is 20.8. The normalized spacial score (nSPS) is 12.4. The molecule has 5 heteroatoms. The van der Waals surface area contributed by atoms with Crippen LogP contribution in [0.2, 0.25) is 0 Å². The number of carboxylic acid groups (broad SMARTS) is 2. The van der Waals surface area contributed by atoms with E-state index in [4.69, 9.17) is 14.9 Å². The van der Waals surface area contributed by atoms with Gasteiger partial charge < -0.3 is 14.9 Å². The topological polar surface area (TPSA) is 83.8 Å². The second-order valence-electron chi connectivity index (χ2n) is 3.00. The quantitative estimate of drug-likeness (QED) is 0.579. The molecule has 82 valence electrons. The third-order valence-corrected chi connectivity index (χ3v) is 1.70. The molecule has 0 rings (SSSR count). The van der Waals surface area contributed by atoms with Crippen molar-refractivity contribution >= 4 is 11.9 Å². The maximum Gasteiger partial charge on any atom is 0.333 e. The zero-order valence-electron chi connectivity index (χ0n) is 8.23. The van der Waals surface area contributed by atoms with Crippen LogP contribution in [-0.2, 0) is 14.3 Å². The molecule has 0 heterocycles. The number of carbonyl (C=O) groups is 2. The lowest BCUT2D eigenvalue weighted by molar-refractivity contribution is -0.156. The first-order valence-corrected chi connectivity index (χ1v) is 4.64. The van der Waals surface area contributed by atoms with Crippen molar-refractivity contribution in [2.75, 3.05) is 6.61 Å². The molecule has 0 aliphatic carbocycles. The highest BCUT2D eigenvalue weighted by molar-refractivity contribution is 5.79. The second-order valence-corrected chi connectivity index (χ2v) is 3.00. The van der Waals surface area contributed by atoms with Crippen LogP contribution in [0.3, 0.4) is 0 Å². The number of aliphatic carboxylic acids is 2. The van der Waals surface area contributed by atoms with Crippen LogP contribution in [0.15, 0.2) is 0 Å². The Hall–Kier alpha value is -1.10. The molecule has 1 atom stereocenters. The van der Waals surface area contributed by atoms with E-state index in [9.17, 15) is 9.59 Å². The largest absolute Gasteiger partial charge is 0.481 e. The Bertz CT molecular complexity index is 190. The van der Waals surface area contributed by atoms with Gasteiger partial charge in [0.2, 0.25) is 0 Å². The van der Waals surface area contributed by atoms with Crippen molar-refractivity contribution in [2.45, 2.75) is 38.7 Å². The summed E-state index contributed by atoms with van der Waals surface area (Å²) in [5.41, 5.74) is 0. The van der Waals surface area contributed by atoms with Gasteiger partial charge in [-0.1, -0.05) is 19.8 Å². The van der Waals surface area contributed by atoms with Gasteiger partial charge in [-0.3, -0.25) is 4.79 Å². The molecule has 0 amide bonds. The van der Waals surface area contributed by atoms with Gasteiger partial charge in [0.05, 0.1) is 6.42 Å². The highest BCUT2D eigenvalue weighted by Crippen LogP contribution is 2.02. The van der Waals surface area contributed by atoms with Gasteiger partial charge in [-0.2, -0.15) is 0 Å². The zero-order chi connectivity index (χ0) is 11.0. The fourth-order valence-corrected chi connectivity index (χ4v) is 0.954. The minimum absolute atomic E-state index is 0.304. The fourth-order valence-electron chi connectivity index (χ4n) is 0.954. The second kappa shape index (κ2) is 7.32. The maximum atomic E-state index is 10.5. The summed E-state index contributed by atoms with van der Waals surface area (Å²) in [6.07, 6.45) is 1.03. The van der Waals surface area contributed by atoms with Crippen LogP contribution in [0.4, 0.5) is 0 Å². The van der Waals surface area contributed by atoms with E-state index in [1.165, 1.54) is 0 Å². The Kier molecular flexibility index (Phi) is 6.74. The van der Waals surface area contributed by atoms with Gasteiger partial charge in [-0.25, -0.2) is 4.79 Å². The molecule has 14 heavy (non-hydrogen) atoms. The minimum atomic E-state index is -1.22. The smallest absolute Gasteiger partial charge is 0.333 e. The van der Waals surface area contributed by atoms with Gasteiger partial charge in [0.25, 0.3) is 0 Å². The molecule has 0 radical (unpaired) electrons. The number of rotatable bonds is 8. The van der Waals surface area contributed by atoms with Crippen molar-refractivity contribution in [1.82, 2.24) is 0 Å². The van der Waals surface area contributed by atoms with Crippen LogP contribution < -0.4 is 0 Å². The molecule has 0 aliphatic heterocycles. The van der Waals surface area contributed by atoms with Gasteiger partial charge in [0, 0.05) is 6.61 Å². The molecule has 0 spiro atoms. The summed E-state index contributed by atoms with van der Waals surface area (Å²) in [6, 6.07) is 0. The first-order valence-electron chi connectivity index (χ1n) is 4.64.